The van der Waals surface area contributed by atoms with Gasteiger partial charge in [0.15, 0.2) is 0 Å². The van der Waals surface area contributed by atoms with Gasteiger partial charge in [-0.25, -0.2) is 0 Å². The zero-order valence-corrected chi connectivity index (χ0v) is 8.97. The van der Waals surface area contributed by atoms with Crippen LogP contribution >= 0.6 is 11.6 Å². The molecule has 1 aromatic rings. The van der Waals surface area contributed by atoms with Gasteiger partial charge in [-0.2, -0.15) is 0 Å². The first-order valence-electron chi connectivity index (χ1n) is 4.86. The maximum Gasteiger partial charge on any atom is 0.0952 e. The average molecular weight is 212 g/mol. The van der Waals surface area contributed by atoms with Crippen LogP contribution in [0.4, 0.5) is 0 Å². The maximum atomic E-state index is 6.13. The number of benzene rings is 1. The van der Waals surface area contributed by atoms with Gasteiger partial charge in [-0.3, -0.25) is 0 Å². The smallest absolute Gasteiger partial charge is 0.0952 e. The molecule has 0 bridgehead atoms. The van der Waals surface area contributed by atoms with E-state index < -0.39 is 0 Å². The van der Waals surface area contributed by atoms with E-state index in [1.807, 2.05) is 19.2 Å². The zero-order valence-electron chi connectivity index (χ0n) is 8.22. The van der Waals surface area contributed by atoms with Crippen LogP contribution in [0.3, 0.4) is 0 Å². The second-order valence-corrected chi connectivity index (χ2v) is 3.88. The summed E-state index contributed by atoms with van der Waals surface area (Å²) >= 11 is 6.13. The first-order valence-corrected chi connectivity index (χ1v) is 5.24. The number of likely N-dealkylation sites (N-methyl/N-ethyl adjacent to an activating group) is 1. The minimum atomic E-state index is 0.155. The Morgan fingerprint density at radius 3 is 3.21 bits per heavy atom. The Kier molecular flexibility index (Phi) is 3.06. The third kappa shape index (κ3) is 1.78. The second kappa shape index (κ2) is 4.30. The number of nitrogens with one attached hydrogen (secondary N) is 1. The Hall–Kier alpha value is -0.570. The number of rotatable bonds is 2. The highest BCUT2D eigenvalue weighted by Gasteiger charge is 2.21. The van der Waals surface area contributed by atoms with Crippen LogP contribution in [0.5, 0.6) is 0 Å². The SMILES string of the molecule is CNCC1OCCc2c(Cl)cccc21. The normalized spacial score (nSPS) is 20.6. The van der Waals surface area contributed by atoms with Crippen molar-refractivity contribution in [2.45, 2.75) is 12.5 Å². The molecule has 2 rings (SSSR count). The van der Waals surface area contributed by atoms with Crippen molar-refractivity contribution in [2.24, 2.45) is 0 Å². The van der Waals surface area contributed by atoms with Crippen molar-refractivity contribution in [3.8, 4) is 0 Å². The highest BCUT2D eigenvalue weighted by Crippen LogP contribution is 2.31. The molecular weight excluding hydrogens is 198 g/mol. The van der Waals surface area contributed by atoms with Crippen LogP contribution in [0.1, 0.15) is 17.2 Å². The van der Waals surface area contributed by atoms with Crippen molar-refractivity contribution in [1.29, 1.82) is 0 Å². The quantitative estimate of drug-likeness (QED) is 0.810. The fourth-order valence-corrected chi connectivity index (χ4v) is 2.16. The predicted molar refractivity (Wildman–Crippen MR) is 57.8 cm³/mol. The van der Waals surface area contributed by atoms with Gasteiger partial charge in [-0.05, 0) is 30.7 Å². The molecule has 1 N–H and O–H groups in total. The summed E-state index contributed by atoms with van der Waals surface area (Å²) in [5.41, 5.74) is 2.48. The van der Waals surface area contributed by atoms with Crippen molar-refractivity contribution in [2.75, 3.05) is 20.2 Å². The molecule has 3 heteroatoms. The van der Waals surface area contributed by atoms with Crippen LogP contribution in [-0.2, 0) is 11.2 Å². The highest BCUT2D eigenvalue weighted by molar-refractivity contribution is 6.31. The van der Waals surface area contributed by atoms with Gasteiger partial charge in [0, 0.05) is 11.6 Å². The van der Waals surface area contributed by atoms with Gasteiger partial charge in [-0.15, -0.1) is 0 Å². The maximum absolute atomic E-state index is 6.13. The number of fused-ring (bicyclic) bond motifs is 1. The minimum Gasteiger partial charge on any atom is -0.372 e. The molecule has 1 atom stereocenters. The Bertz CT molecular complexity index is 327. The summed E-state index contributed by atoms with van der Waals surface area (Å²) in [4.78, 5) is 0. The molecule has 1 heterocycles. The largest absolute Gasteiger partial charge is 0.372 e. The molecule has 2 nitrogen and oxygen atoms in total. The van der Waals surface area contributed by atoms with Gasteiger partial charge in [0.25, 0.3) is 0 Å². The molecule has 76 valence electrons. The van der Waals surface area contributed by atoms with E-state index >= 15 is 0 Å². The highest BCUT2D eigenvalue weighted by atomic mass is 35.5. The molecule has 0 saturated heterocycles. The van der Waals surface area contributed by atoms with E-state index in [0.29, 0.717) is 0 Å². The fraction of sp³-hybridized carbons (Fsp3) is 0.455. The van der Waals surface area contributed by atoms with E-state index in [-0.39, 0.29) is 6.10 Å². The first-order chi connectivity index (χ1) is 6.83. The van der Waals surface area contributed by atoms with Gasteiger partial charge in [0.05, 0.1) is 12.7 Å². The average Bonchev–Trinajstić information content (AvgIpc) is 2.20. The third-order valence-corrected chi connectivity index (χ3v) is 2.92. The second-order valence-electron chi connectivity index (χ2n) is 3.47. The number of hydrogen-bond donors (Lipinski definition) is 1. The molecule has 0 aliphatic carbocycles. The van der Waals surface area contributed by atoms with Crippen LogP contribution < -0.4 is 5.32 Å². The zero-order chi connectivity index (χ0) is 9.97. The fourth-order valence-electron chi connectivity index (χ4n) is 1.89. The van der Waals surface area contributed by atoms with E-state index in [4.69, 9.17) is 16.3 Å². The topological polar surface area (TPSA) is 21.3 Å². The molecule has 1 unspecified atom stereocenters. The summed E-state index contributed by atoms with van der Waals surface area (Å²) in [5, 5.41) is 4.00. The monoisotopic (exact) mass is 211 g/mol. The van der Waals surface area contributed by atoms with Crippen LogP contribution in [0, 0.1) is 0 Å². The van der Waals surface area contributed by atoms with Crippen molar-refractivity contribution in [3.05, 3.63) is 34.3 Å². The van der Waals surface area contributed by atoms with E-state index in [0.717, 1.165) is 24.6 Å². The summed E-state index contributed by atoms with van der Waals surface area (Å²) in [7, 11) is 1.93. The van der Waals surface area contributed by atoms with Crippen LogP contribution in [0.15, 0.2) is 18.2 Å². The van der Waals surface area contributed by atoms with E-state index in [1.54, 1.807) is 0 Å². The van der Waals surface area contributed by atoms with E-state index in [9.17, 15) is 0 Å². The van der Waals surface area contributed by atoms with Crippen molar-refractivity contribution >= 4 is 11.6 Å². The summed E-state index contributed by atoms with van der Waals surface area (Å²) in [6.07, 6.45) is 1.08. The molecule has 0 fully saturated rings. The summed E-state index contributed by atoms with van der Waals surface area (Å²) in [5.74, 6) is 0. The van der Waals surface area contributed by atoms with Gasteiger partial charge in [0.2, 0.25) is 0 Å². The van der Waals surface area contributed by atoms with E-state index in [2.05, 4.69) is 11.4 Å². The van der Waals surface area contributed by atoms with Crippen molar-refractivity contribution in [3.63, 3.8) is 0 Å². The van der Waals surface area contributed by atoms with Crippen molar-refractivity contribution < 1.29 is 4.74 Å². The van der Waals surface area contributed by atoms with Gasteiger partial charge in [0.1, 0.15) is 0 Å². The standard InChI is InChI=1S/C11H14ClNO/c1-13-7-11-9-3-2-4-10(12)8(9)5-6-14-11/h2-4,11,13H,5-7H2,1H3. The minimum absolute atomic E-state index is 0.155. The lowest BCUT2D eigenvalue weighted by Gasteiger charge is -2.26. The molecule has 0 spiro atoms. The van der Waals surface area contributed by atoms with Crippen molar-refractivity contribution in [1.82, 2.24) is 5.32 Å². The third-order valence-electron chi connectivity index (χ3n) is 2.56. The summed E-state index contributed by atoms with van der Waals surface area (Å²) in [6, 6.07) is 6.03. The van der Waals surface area contributed by atoms with Crippen LogP contribution in [0.25, 0.3) is 0 Å². The molecule has 0 aromatic heterocycles. The van der Waals surface area contributed by atoms with E-state index in [1.165, 1.54) is 11.1 Å². The first kappa shape index (κ1) is 9.97. The Labute approximate surface area is 89.2 Å². The number of halogens is 1. The molecule has 1 aliphatic heterocycles. The van der Waals surface area contributed by atoms with Crippen LogP contribution in [0.2, 0.25) is 5.02 Å². The summed E-state index contributed by atoms with van der Waals surface area (Å²) in [6.45, 7) is 1.61. The molecule has 1 aliphatic rings. The lowest BCUT2D eigenvalue weighted by atomic mass is 9.97. The number of ether oxygens (including phenoxy) is 1. The van der Waals surface area contributed by atoms with Crippen LogP contribution in [-0.4, -0.2) is 20.2 Å². The molecule has 0 saturated carbocycles. The Morgan fingerprint density at radius 1 is 1.57 bits per heavy atom. The van der Waals surface area contributed by atoms with Gasteiger partial charge >= 0.3 is 0 Å². The Morgan fingerprint density at radius 2 is 2.43 bits per heavy atom. The lowest BCUT2D eigenvalue weighted by Crippen LogP contribution is -2.25. The van der Waals surface area contributed by atoms with Gasteiger partial charge < -0.3 is 10.1 Å². The molecule has 0 amide bonds. The predicted octanol–water partition coefficient (Wildman–Crippen LogP) is 2.17. The number of hydrogen-bond acceptors (Lipinski definition) is 2. The molecule has 0 radical (unpaired) electrons. The molecular formula is C11H14ClNO. The summed E-state index contributed by atoms with van der Waals surface area (Å²) < 4.78 is 5.68. The lowest BCUT2D eigenvalue weighted by molar-refractivity contribution is 0.0439. The molecule has 14 heavy (non-hydrogen) atoms. The van der Waals surface area contributed by atoms with Gasteiger partial charge in [-0.1, -0.05) is 23.7 Å². The Balaban J connectivity index is 2.34. The molecule has 1 aromatic carbocycles.